The molecule has 1 atom stereocenters. The van der Waals surface area contributed by atoms with Gasteiger partial charge in [0.15, 0.2) is 0 Å². The van der Waals surface area contributed by atoms with Gasteiger partial charge in [0.25, 0.3) is 5.91 Å². The van der Waals surface area contributed by atoms with Crippen molar-refractivity contribution < 1.29 is 9.90 Å². The van der Waals surface area contributed by atoms with Gasteiger partial charge in [-0.2, -0.15) is 0 Å². The number of likely N-dealkylation sites (N-methyl/N-ethyl adjacent to an activating group) is 1. The van der Waals surface area contributed by atoms with E-state index in [1.807, 2.05) is 11.8 Å². The van der Waals surface area contributed by atoms with E-state index in [4.69, 9.17) is 0 Å². The van der Waals surface area contributed by atoms with Gasteiger partial charge in [0.1, 0.15) is 5.75 Å². The highest BCUT2D eigenvalue weighted by molar-refractivity contribution is 5.96. The molecule has 0 spiro atoms. The predicted molar refractivity (Wildman–Crippen MR) is 93.2 cm³/mol. The topological polar surface area (TPSA) is 59.9 Å². The van der Waals surface area contributed by atoms with Gasteiger partial charge in [0.2, 0.25) is 0 Å². The van der Waals surface area contributed by atoms with Crippen molar-refractivity contribution in [3.8, 4) is 5.75 Å². The predicted octanol–water partition coefficient (Wildman–Crippen LogP) is 1.20. The van der Waals surface area contributed by atoms with E-state index in [0.29, 0.717) is 11.5 Å². The summed E-state index contributed by atoms with van der Waals surface area (Å²) in [5, 5.41) is 9.96. The van der Waals surface area contributed by atoms with Gasteiger partial charge in [-0.25, -0.2) is 0 Å². The van der Waals surface area contributed by atoms with E-state index in [0.717, 1.165) is 57.9 Å². The zero-order valence-electron chi connectivity index (χ0n) is 14.7. The summed E-state index contributed by atoms with van der Waals surface area (Å²) in [4.78, 5) is 23.6. The molecule has 3 heterocycles. The minimum absolute atomic E-state index is 0.0215. The molecule has 1 N–H and O–H groups in total. The molecule has 0 bridgehead atoms. The minimum Gasteiger partial charge on any atom is -0.505 e. The van der Waals surface area contributed by atoms with Crippen LogP contribution in [0.4, 0.5) is 0 Å². The Morgan fingerprint density at radius 2 is 2.04 bits per heavy atom. The van der Waals surface area contributed by atoms with E-state index in [2.05, 4.69) is 21.8 Å². The lowest BCUT2D eigenvalue weighted by Gasteiger charge is -2.38. The number of piperazine rings is 1. The number of carbonyl (C=O) groups excluding carboxylic acids is 1. The van der Waals surface area contributed by atoms with Crippen LogP contribution in [0.3, 0.4) is 0 Å². The molecule has 2 aliphatic heterocycles. The molecule has 2 fully saturated rings. The van der Waals surface area contributed by atoms with E-state index in [1.54, 1.807) is 6.07 Å². The Morgan fingerprint density at radius 1 is 1.29 bits per heavy atom. The molecule has 1 aromatic rings. The van der Waals surface area contributed by atoms with Crippen molar-refractivity contribution in [1.82, 2.24) is 19.7 Å². The zero-order valence-corrected chi connectivity index (χ0v) is 14.7. The molecule has 0 aromatic carbocycles. The summed E-state index contributed by atoms with van der Waals surface area (Å²) < 4.78 is 0. The van der Waals surface area contributed by atoms with E-state index in [9.17, 15) is 9.90 Å². The third kappa shape index (κ3) is 4.05. The van der Waals surface area contributed by atoms with Crippen molar-refractivity contribution >= 4 is 5.91 Å². The molecular formula is C18H28N4O2. The van der Waals surface area contributed by atoms with Gasteiger partial charge >= 0.3 is 0 Å². The highest BCUT2D eigenvalue weighted by Crippen LogP contribution is 2.23. The molecule has 132 valence electrons. The molecule has 3 rings (SSSR count). The first-order chi connectivity index (χ1) is 11.5. The second kappa shape index (κ2) is 7.49. The molecule has 1 amide bonds. The Hall–Kier alpha value is -1.66. The van der Waals surface area contributed by atoms with E-state index in [1.165, 1.54) is 12.6 Å². The third-order valence-corrected chi connectivity index (χ3v) is 5.17. The molecular weight excluding hydrogens is 304 g/mol. The highest BCUT2D eigenvalue weighted by Gasteiger charge is 2.28. The molecule has 2 aliphatic rings. The van der Waals surface area contributed by atoms with Crippen molar-refractivity contribution in [2.45, 2.75) is 19.8 Å². The Bertz CT molecular complexity index is 584. The number of piperidine rings is 1. The first kappa shape index (κ1) is 17.2. The van der Waals surface area contributed by atoms with Crippen molar-refractivity contribution in [3.05, 3.63) is 23.5 Å². The fourth-order valence-electron chi connectivity index (χ4n) is 3.69. The summed E-state index contributed by atoms with van der Waals surface area (Å²) in [5.41, 5.74) is 1.13. The van der Waals surface area contributed by atoms with Gasteiger partial charge in [-0.3, -0.25) is 9.78 Å². The summed E-state index contributed by atoms with van der Waals surface area (Å²) >= 11 is 0. The summed E-state index contributed by atoms with van der Waals surface area (Å²) in [6.07, 6.45) is 3.58. The van der Waals surface area contributed by atoms with Crippen LogP contribution in [-0.4, -0.2) is 83.6 Å². The van der Waals surface area contributed by atoms with Crippen molar-refractivity contribution in [1.29, 1.82) is 0 Å². The Kier molecular flexibility index (Phi) is 5.36. The molecule has 2 saturated heterocycles. The first-order valence-corrected chi connectivity index (χ1v) is 8.88. The van der Waals surface area contributed by atoms with Crippen LogP contribution in [0.1, 0.15) is 28.9 Å². The average molecular weight is 332 g/mol. The normalized spacial score (nSPS) is 23.4. The van der Waals surface area contributed by atoms with Gasteiger partial charge in [0.05, 0.1) is 11.8 Å². The van der Waals surface area contributed by atoms with Gasteiger partial charge in [0, 0.05) is 51.5 Å². The number of carbonyl (C=O) groups is 1. The van der Waals surface area contributed by atoms with Gasteiger partial charge < -0.3 is 19.8 Å². The van der Waals surface area contributed by atoms with Gasteiger partial charge in [-0.1, -0.05) is 0 Å². The average Bonchev–Trinajstić information content (AvgIpc) is 2.59. The molecule has 1 unspecified atom stereocenters. The Balaban J connectivity index is 1.60. The number of rotatable bonds is 3. The standard InChI is InChI=1S/C18H28N4O2/c1-14-10-16(17(23)11-19-14)18(24)22-5-3-4-15(13-22)12-21-8-6-20(2)7-9-21/h10-11,15,23H,3-9,12-13H2,1-2H3. The Labute approximate surface area is 144 Å². The Morgan fingerprint density at radius 3 is 2.79 bits per heavy atom. The number of nitrogens with zero attached hydrogens (tertiary/aromatic N) is 4. The van der Waals surface area contributed by atoms with Crippen molar-refractivity contribution in [2.75, 3.05) is 52.9 Å². The van der Waals surface area contributed by atoms with Crippen LogP contribution >= 0.6 is 0 Å². The number of hydrogen-bond acceptors (Lipinski definition) is 5. The maximum absolute atomic E-state index is 12.8. The van der Waals surface area contributed by atoms with Crippen molar-refractivity contribution in [2.24, 2.45) is 5.92 Å². The molecule has 6 nitrogen and oxygen atoms in total. The molecule has 0 aliphatic carbocycles. The third-order valence-electron chi connectivity index (χ3n) is 5.17. The molecule has 6 heteroatoms. The summed E-state index contributed by atoms with van der Waals surface area (Å²) in [6.45, 7) is 8.95. The van der Waals surface area contributed by atoms with Crippen LogP contribution in [-0.2, 0) is 0 Å². The fourth-order valence-corrected chi connectivity index (χ4v) is 3.69. The quantitative estimate of drug-likeness (QED) is 0.901. The molecule has 24 heavy (non-hydrogen) atoms. The fraction of sp³-hybridized carbons (Fsp3) is 0.667. The number of pyridine rings is 1. The van der Waals surface area contributed by atoms with Crippen LogP contribution < -0.4 is 0 Å². The first-order valence-electron chi connectivity index (χ1n) is 8.88. The lowest BCUT2D eigenvalue weighted by atomic mass is 9.96. The number of aromatic nitrogens is 1. The van der Waals surface area contributed by atoms with Gasteiger partial charge in [-0.05, 0) is 38.8 Å². The van der Waals surface area contributed by atoms with Crippen LogP contribution in [0.2, 0.25) is 0 Å². The molecule has 1 aromatic heterocycles. The van der Waals surface area contributed by atoms with Crippen LogP contribution in [0.5, 0.6) is 5.75 Å². The summed E-state index contributed by atoms with van der Waals surface area (Å²) in [6, 6.07) is 1.68. The highest BCUT2D eigenvalue weighted by atomic mass is 16.3. The summed E-state index contributed by atoms with van der Waals surface area (Å²) in [5.74, 6) is 0.434. The second-order valence-corrected chi connectivity index (χ2v) is 7.21. The number of hydrogen-bond donors (Lipinski definition) is 1. The van der Waals surface area contributed by atoms with Crippen LogP contribution in [0.25, 0.3) is 0 Å². The van der Waals surface area contributed by atoms with Crippen molar-refractivity contribution in [3.63, 3.8) is 0 Å². The minimum atomic E-state index is -0.0684. The lowest BCUT2D eigenvalue weighted by Crippen LogP contribution is -2.49. The number of aryl methyl sites for hydroxylation is 1. The zero-order chi connectivity index (χ0) is 17.1. The van der Waals surface area contributed by atoms with E-state index in [-0.39, 0.29) is 11.7 Å². The largest absolute Gasteiger partial charge is 0.505 e. The van der Waals surface area contributed by atoms with E-state index >= 15 is 0 Å². The summed E-state index contributed by atoms with van der Waals surface area (Å²) in [7, 11) is 2.17. The second-order valence-electron chi connectivity index (χ2n) is 7.21. The number of aromatic hydroxyl groups is 1. The lowest BCUT2D eigenvalue weighted by molar-refractivity contribution is 0.0606. The molecule has 0 saturated carbocycles. The SMILES string of the molecule is Cc1cc(C(=O)N2CCCC(CN3CCN(C)CC3)C2)c(O)cn1. The maximum atomic E-state index is 12.8. The number of likely N-dealkylation sites (tertiary alicyclic amines) is 1. The number of amides is 1. The smallest absolute Gasteiger partial charge is 0.257 e. The molecule has 0 radical (unpaired) electrons. The monoisotopic (exact) mass is 332 g/mol. The van der Waals surface area contributed by atoms with Gasteiger partial charge in [-0.15, -0.1) is 0 Å². The van der Waals surface area contributed by atoms with Crippen LogP contribution in [0.15, 0.2) is 12.3 Å². The van der Waals surface area contributed by atoms with E-state index < -0.39 is 0 Å². The maximum Gasteiger partial charge on any atom is 0.257 e. The van der Waals surface area contributed by atoms with Crippen LogP contribution in [0, 0.1) is 12.8 Å².